The van der Waals surface area contributed by atoms with Crippen LogP contribution < -0.4 is 0 Å². The number of ether oxygens (including phenoxy) is 4. The van der Waals surface area contributed by atoms with Crippen LogP contribution in [0.4, 0.5) is 0 Å². The molecule has 0 aromatic carbocycles. The summed E-state index contributed by atoms with van der Waals surface area (Å²) in [5, 5.41) is 0. The van der Waals surface area contributed by atoms with Gasteiger partial charge in [-0.1, -0.05) is 85.5 Å². The van der Waals surface area contributed by atoms with Gasteiger partial charge in [-0.25, -0.2) is 0 Å². The summed E-state index contributed by atoms with van der Waals surface area (Å²) in [7, 11) is 1.76. The minimum absolute atomic E-state index is 0.186. The summed E-state index contributed by atoms with van der Waals surface area (Å²) in [5.74, 6) is -1.06. The molecule has 4 heteroatoms. The molecule has 4 nitrogen and oxygen atoms in total. The van der Waals surface area contributed by atoms with Crippen LogP contribution >= 0.6 is 0 Å². The second-order valence-electron chi connectivity index (χ2n) is 7.49. The van der Waals surface area contributed by atoms with Gasteiger partial charge in [0.1, 0.15) is 6.10 Å². The molecule has 27 heavy (non-hydrogen) atoms. The van der Waals surface area contributed by atoms with Crippen molar-refractivity contribution in [3.05, 3.63) is 0 Å². The summed E-state index contributed by atoms with van der Waals surface area (Å²) in [6.45, 7) is 10.7. The Kier molecular flexibility index (Phi) is 19.1. The smallest absolute Gasteiger partial charge is 0.310 e. The van der Waals surface area contributed by atoms with E-state index in [1.54, 1.807) is 7.11 Å². The fourth-order valence-electron chi connectivity index (χ4n) is 3.03. The van der Waals surface area contributed by atoms with Crippen LogP contribution in [0.3, 0.4) is 0 Å². The zero-order valence-electron chi connectivity index (χ0n) is 19.0. The summed E-state index contributed by atoms with van der Waals surface area (Å²) in [5.41, 5.74) is 0. The van der Waals surface area contributed by atoms with Gasteiger partial charge in [-0.2, -0.15) is 0 Å². The van der Waals surface area contributed by atoms with Gasteiger partial charge in [-0.3, -0.25) is 0 Å². The first-order valence-electron chi connectivity index (χ1n) is 11.6. The standard InChI is InChI=1S/C23H48O4/c1-6-10-14-15-16-17-18-22(24-5)23(25-19-11-7-2,26-20-12-8-3)27-21-13-9-4/h22H,6-21H2,1-5H3. The fraction of sp³-hybridized carbons (Fsp3) is 1.00. The van der Waals surface area contributed by atoms with Crippen LogP contribution in [0.5, 0.6) is 0 Å². The van der Waals surface area contributed by atoms with Crippen molar-refractivity contribution in [1.29, 1.82) is 0 Å². The molecule has 0 aliphatic carbocycles. The first-order chi connectivity index (χ1) is 13.2. The van der Waals surface area contributed by atoms with E-state index in [-0.39, 0.29) is 6.10 Å². The Morgan fingerprint density at radius 2 is 0.963 bits per heavy atom. The zero-order valence-corrected chi connectivity index (χ0v) is 19.0. The summed E-state index contributed by atoms with van der Waals surface area (Å²) < 4.78 is 24.6. The third kappa shape index (κ3) is 12.8. The van der Waals surface area contributed by atoms with Crippen molar-refractivity contribution < 1.29 is 18.9 Å². The average molecular weight is 389 g/mol. The molecule has 0 saturated heterocycles. The number of rotatable bonds is 21. The zero-order chi connectivity index (χ0) is 20.2. The van der Waals surface area contributed by atoms with Crippen molar-refractivity contribution in [2.45, 2.75) is 123 Å². The molecule has 1 atom stereocenters. The lowest BCUT2D eigenvalue weighted by Crippen LogP contribution is -2.51. The van der Waals surface area contributed by atoms with Crippen molar-refractivity contribution in [3.63, 3.8) is 0 Å². The molecule has 164 valence electrons. The van der Waals surface area contributed by atoms with E-state index in [1.165, 1.54) is 32.1 Å². The second-order valence-corrected chi connectivity index (χ2v) is 7.49. The average Bonchev–Trinajstić information content (AvgIpc) is 2.67. The summed E-state index contributed by atoms with van der Waals surface area (Å²) in [6, 6.07) is 0. The van der Waals surface area contributed by atoms with E-state index >= 15 is 0 Å². The summed E-state index contributed by atoms with van der Waals surface area (Å²) in [6.07, 6.45) is 14.6. The van der Waals surface area contributed by atoms with Gasteiger partial charge >= 0.3 is 5.97 Å². The SMILES string of the molecule is CCCCCCCCC(OC)C(OCCCC)(OCCCC)OCCCC. The topological polar surface area (TPSA) is 36.9 Å². The van der Waals surface area contributed by atoms with E-state index in [2.05, 4.69) is 27.7 Å². The molecule has 1 unspecified atom stereocenters. The van der Waals surface area contributed by atoms with Crippen molar-refractivity contribution >= 4 is 0 Å². The Morgan fingerprint density at radius 1 is 0.556 bits per heavy atom. The first-order valence-corrected chi connectivity index (χ1v) is 11.6. The molecule has 0 bridgehead atoms. The molecule has 0 aliphatic rings. The molecule has 0 amide bonds. The van der Waals surface area contributed by atoms with E-state index in [4.69, 9.17) is 18.9 Å². The van der Waals surface area contributed by atoms with Crippen LogP contribution in [-0.2, 0) is 18.9 Å². The highest BCUT2D eigenvalue weighted by molar-refractivity contribution is 4.73. The molecule has 0 saturated carbocycles. The predicted molar refractivity (Wildman–Crippen MR) is 114 cm³/mol. The molecular weight excluding hydrogens is 340 g/mol. The van der Waals surface area contributed by atoms with Crippen molar-refractivity contribution in [1.82, 2.24) is 0 Å². The van der Waals surface area contributed by atoms with Crippen LogP contribution in [0.2, 0.25) is 0 Å². The number of hydrogen-bond donors (Lipinski definition) is 0. The number of hydrogen-bond acceptors (Lipinski definition) is 4. The Hall–Kier alpha value is -0.160. The van der Waals surface area contributed by atoms with Crippen molar-refractivity contribution in [3.8, 4) is 0 Å². The Morgan fingerprint density at radius 3 is 1.37 bits per heavy atom. The van der Waals surface area contributed by atoms with Gasteiger partial charge < -0.3 is 18.9 Å². The Balaban J connectivity index is 4.92. The molecule has 0 spiro atoms. The minimum Gasteiger partial charge on any atom is -0.373 e. The molecule has 0 fully saturated rings. The first kappa shape index (κ1) is 26.8. The highest BCUT2D eigenvalue weighted by Gasteiger charge is 2.43. The van der Waals surface area contributed by atoms with E-state index < -0.39 is 5.97 Å². The molecule has 0 aromatic heterocycles. The van der Waals surface area contributed by atoms with Gasteiger partial charge in [0.25, 0.3) is 0 Å². The predicted octanol–water partition coefficient (Wildman–Crippen LogP) is 6.86. The lowest BCUT2D eigenvalue weighted by Gasteiger charge is -2.39. The Labute approximate surface area is 169 Å². The van der Waals surface area contributed by atoms with Gasteiger partial charge in [0.2, 0.25) is 0 Å². The van der Waals surface area contributed by atoms with Gasteiger partial charge in [-0.15, -0.1) is 0 Å². The third-order valence-corrected chi connectivity index (χ3v) is 4.90. The summed E-state index contributed by atoms with van der Waals surface area (Å²) in [4.78, 5) is 0. The maximum absolute atomic E-state index is 6.24. The van der Waals surface area contributed by atoms with E-state index in [0.29, 0.717) is 19.8 Å². The maximum atomic E-state index is 6.24. The fourth-order valence-corrected chi connectivity index (χ4v) is 3.03. The number of methoxy groups -OCH3 is 1. The van der Waals surface area contributed by atoms with Gasteiger partial charge in [0.15, 0.2) is 0 Å². The largest absolute Gasteiger partial charge is 0.373 e. The highest BCUT2D eigenvalue weighted by Crippen LogP contribution is 2.28. The minimum atomic E-state index is -1.06. The lowest BCUT2D eigenvalue weighted by molar-refractivity contribution is -0.416. The maximum Gasteiger partial charge on any atom is 0.310 e. The van der Waals surface area contributed by atoms with E-state index in [0.717, 1.165) is 51.4 Å². The molecule has 0 aliphatic heterocycles. The molecule has 0 radical (unpaired) electrons. The monoisotopic (exact) mass is 388 g/mol. The van der Waals surface area contributed by atoms with E-state index in [9.17, 15) is 0 Å². The normalized spacial score (nSPS) is 13.2. The molecule has 0 aromatic rings. The third-order valence-electron chi connectivity index (χ3n) is 4.90. The van der Waals surface area contributed by atoms with Crippen molar-refractivity contribution in [2.24, 2.45) is 0 Å². The lowest BCUT2D eigenvalue weighted by atomic mass is 10.1. The number of unbranched alkanes of at least 4 members (excludes halogenated alkanes) is 8. The molecule has 0 rings (SSSR count). The van der Waals surface area contributed by atoms with Crippen LogP contribution in [0.25, 0.3) is 0 Å². The van der Waals surface area contributed by atoms with Gasteiger partial charge in [0, 0.05) is 7.11 Å². The van der Waals surface area contributed by atoms with Crippen LogP contribution in [0, 0.1) is 0 Å². The van der Waals surface area contributed by atoms with Crippen molar-refractivity contribution in [2.75, 3.05) is 26.9 Å². The Bertz CT molecular complexity index is 270. The van der Waals surface area contributed by atoms with Crippen LogP contribution in [0.1, 0.15) is 111 Å². The van der Waals surface area contributed by atoms with Crippen LogP contribution in [0.15, 0.2) is 0 Å². The second kappa shape index (κ2) is 19.2. The highest BCUT2D eigenvalue weighted by atomic mass is 16.9. The molecule has 0 heterocycles. The quantitative estimate of drug-likeness (QED) is 0.159. The molecule has 0 N–H and O–H groups in total. The molecular formula is C23H48O4. The van der Waals surface area contributed by atoms with E-state index in [1.807, 2.05) is 0 Å². The van der Waals surface area contributed by atoms with Gasteiger partial charge in [-0.05, 0) is 25.7 Å². The summed E-state index contributed by atoms with van der Waals surface area (Å²) >= 11 is 0. The van der Waals surface area contributed by atoms with Crippen LogP contribution in [-0.4, -0.2) is 39.0 Å². The van der Waals surface area contributed by atoms with Gasteiger partial charge in [0.05, 0.1) is 19.8 Å².